The third-order valence-corrected chi connectivity index (χ3v) is 2.08. The van der Waals surface area contributed by atoms with Gasteiger partial charge in [-0.2, -0.15) is 0 Å². The van der Waals surface area contributed by atoms with E-state index in [2.05, 4.69) is 5.32 Å². The highest BCUT2D eigenvalue weighted by Crippen LogP contribution is 2.17. The Morgan fingerprint density at radius 1 is 1.53 bits per heavy atom. The number of rotatable bonds is 5. The highest BCUT2D eigenvalue weighted by Gasteiger charge is 2.08. The zero-order chi connectivity index (χ0) is 12.7. The Hall–Kier alpha value is -1.82. The van der Waals surface area contributed by atoms with Gasteiger partial charge in [0.15, 0.2) is 0 Å². The maximum absolute atomic E-state index is 11.2. The van der Waals surface area contributed by atoms with Crippen molar-refractivity contribution in [2.24, 2.45) is 0 Å². The minimum Gasteiger partial charge on any atom is -0.449 e. The Morgan fingerprint density at radius 2 is 2.29 bits per heavy atom. The summed E-state index contributed by atoms with van der Waals surface area (Å²) in [5.41, 5.74) is 0.221. The molecule has 0 saturated heterocycles. The Balaban J connectivity index is 2.53. The molecule has 7 heteroatoms. The van der Waals surface area contributed by atoms with Crippen molar-refractivity contribution >= 4 is 29.1 Å². The Labute approximate surface area is 103 Å². The smallest absolute Gasteiger partial charge is 0.411 e. The van der Waals surface area contributed by atoms with Crippen LogP contribution in [0.4, 0.5) is 16.2 Å². The zero-order valence-electron chi connectivity index (χ0n) is 8.89. The molecule has 1 rings (SSSR count). The number of anilines is 1. The summed E-state index contributed by atoms with van der Waals surface area (Å²) in [5.74, 6) is 0.407. The fourth-order valence-corrected chi connectivity index (χ4v) is 1.18. The largest absolute Gasteiger partial charge is 0.449 e. The highest BCUT2D eigenvalue weighted by atomic mass is 35.5. The molecule has 0 spiro atoms. The van der Waals surface area contributed by atoms with Crippen molar-refractivity contribution in [1.29, 1.82) is 0 Å². The maximum Gasteiger partial charge on any atom is 0.411 e. The molecule has 6 nitrogen and oxygen atoms in total. The van der Waals surface area contributed by atoms with Crippen molar-refractivity contribution < 1.29 is 14.5 Å². The van der Waals surface area contributed by atoms with E-state index >= 15 is 0 Å². The molecule has 0 radical (unpaired) electrons. The standard InChI is InChI=1S/C10H11ClN2O4/c11-5-2-6-17-10(14)12-8-3-1-4-9(7-8)13(15)16/h1,3-4,7H,2,5-6H2,(H,12,14). The highest BCUT2D eigenvalue weighted by molar-refractivity contribution is 6.17. The molecule has 0 bridgehead atoms. The Bertz CT molecular complexity index is 411. The molecule has 0 fully saturated rings. The zero-order valence-corrected chi connectivity index (χ0v) is 9.64. The second kappa shape index (κ2) is 6.70. The molecule has 1 aromatic rings. The second-order valence-corrected chi connectivity index (χ2v) is 3.49. The molecule has 0 aliphatic rings. The molecule has 0 aliphatic heterocycles. The fraction of sp³-hybridized carbons (Fsp3) is 0.300. The molecule has 0 unspecified atom stereocenters. The van der Waals surface area contributed by atoms with Crippen LogP contribution in [0, 0.1) is 10.1 Å². The van der Waals surface area contributed by atoms with E-state index in [-0.39, 0.29) is 12.3 Å². The van der Waals surface area contributed by atoms with Crippen LogP contribution in [-0.2, 0) is 4.74 Å². The fourth-order valence-electron chi connectivity index (χ4n) is 1.07. The number of nitrogens with one attached hydrogen (secondary N) is 1. The number of hydrogen-bond donors (Lipinski definition) is 1. The van der Waals surface area contributed by atoms with Crippen LogP contribution in [0.3, 0.4) is 0 Å². The number of nitro benzene ring substituents is 1. The van der Waals surface area contributed by atoms with Gasteiger partial charge >= 0.3 is 6.09 Å². The van der Waals surface area contributed by atoms with E-state index in [1.54, 1.807) is 0 Å². The van der Waals surface area contributed by atoms with Gasteiger partial charge in [-0.05, 0) is 12.5 Å². The molecular weight excluding hydrogens is 248 g/mol. The third kappa shape index (κ3) is 4.69. The quantitative estimate of drug-likeness (QED) is 0.381. The number of hydrogen-bond acceptors (Lipinski definition) is 4. The molecule has 92 valence electrons. The second-order valence-electron chi connectivity index (χ2n) is 3.11. The minimum atomic E-state index is -0.657. The maximum atomic E-state index is 11.2. The van der Waals surface area contributed by atoms with Crippen LogP contribution in [0.1, 0.15) is 6.42 Å². The first kappa shape index (κ1) is 13.2. The SMILES string of the molecule is O=C(Nc1cccc([N+](=O)[O-])c1)OCCCCl. The summed E-state index contributed by atoms with van der Waals surface area (Å²) < 4.78 is 4.78. The molecule has 0 atom stereocenters. The van der Waals surface area contributed by atoms with Gasteiger partial charge in [-0.3, -0.25) is 15.4 Å². The molecule has 0 aliphatic carbocycles. The lowest BCUT2D eigenvalue weighted by Gasteiger charge is -2.05. The van der Waals surface area contributed by atoms with Gasteiger partial charge in [-0.25, -0.2) is 4.79 Å². The predicted octanol–water partition coefficient (Wildman–Crippen LogP) is 2.77. The summed E-state index contributed by atoms with van der Waals surface area (Å²) in [6.45, 7) is 0.213. The predicted molar refractivity (Wildman–Crippen MR) is 63.4 cm³/mol. The van der Waals surface area contributed by atoms with Crippen LogP contribution in [0.5, 0.6) is 0 Å². The van der Waals surface area contributed by atoms with Crippen LogP contribution in [-0.4, -0.2) is 23.5 Å². The van der Waals surface area contributed by atoms with Gasteiger partial charge in [0.05, 0.1) is 17.2 Å². The van der Waals surface area contributed by atoms with Gasteiger partial charge in [0.25, 0.3) is 5.69 Å². The minimum absolute atomic E-state index is 0.0939. The molecule has 0 saturated carbocycles. The van der Waals surface area contributed by atoms with Crippen molar-refractivity contribution in [3.63, 3.8) is 0 Å². The molecule has 17 heavy (non-hydrogen) atoms. The number of nitrogens with zero attached hydrogens (tertiary/aromatic N) is 1. The van der Waals surface area contributed by atoms with Gasteiger partial charge in [0.2, 0.25) is 0 Å². The number of halogens is 1. The summed E-state index contributed by atoms with van der Waals surface area (Å²) >= 11 is 5.41. The van der Waals surface area contributed by atoms with Crippen molar-refractivity contribution in [2.75, 3.05) is 17.8 Å². The summed E-state index contributed by atoms with van der Waals surface area (Å²) in [6, 6.07) is 5.61. The van der Waals surface area contributed by atoms with Gasteiger partial charge in [-0.1, -0.05) is 6.07 Å². The summed E-state index contributed by atoms with van der Waals surface area (Å²) in [7, 11) is 0. The van der Waals surface area contributed by atoms with Crippen LogP contribution in [0.2, 0.25) is 0 Å². The van der Waals surface area contributed by atoms with E-state index in [0.717, 1.165) is 0 Å². The molecule has 0 heterocycles. The van der Waals surface area contributed by atoms with Gasteiger partial charge in [0, 0.05) is 18.0 Å². The van der Waals surface area contributed by atoms with E-state index in [0.29, 0.717) is 18.0 Å². The number of non-ortho nitro benzene ring substituents is 1. The summed E-state index contributed by atoms with van der Waals surface area (Å²) in [6.07, 6.45) is -0.0974. The summed E-state index contributed by atoms with van der Waals surface area (Å²) in [5, 5.41) is 12.9. The van der Waals surface area contributed by atoms with E-state index in [1.807, 2.05) is 0 Å². The van der Waals surface area contributed by atoms with Crippen molar-refractivity contribution in [3.05, 3.63) is 34.4 Å². The Morgan fingerprint density at radius 3 is 2.94 bits per heavy atom. The first-order valence-corrected chi connectivity index (χ1v) is 5.41. The number of ether oxygens (including phenoxy) is 1. The topological polar surface area (TPSA) is 81.5 Å². The summed E-state index contributed by atoms with van der Waals surface area (Å²) in [4.78, 5) is 21.2. The average Bonchev–Trinajstić information content (AvgIpc) is 2.29. The van der Waals surface area contributed by atoms with Gasteiger partial charge in [0.1, 0.15) is 0 Å². The normalized spacial score (nSPS) is 9.71. The van der Waals surface area contributed by atoms with Crippen molar-refractivity contribution in [1.82, 2.24) is 0 Å². The molecule has 1 amide bonds. The van der Waals surface area contributed by atoms with E-state index in [4.69, 9.17) is 16.3 Å². The first-order chi connectivity index (χ1) is 8.13. The van der Waals surface area contributed by atoms with Crippen molar-refractivity contribution in [3.8, 4) is 0 Å². The van der Waals surface area contributed by atoms with Crippen molar-refractivity contribution in [2.45, 2.75) is 6.42 Å². The molecular formula is C10H11ClN2O4. The number of nitro groups is 1. The monoisotopic (exact) mass is 258 g/mol. The van der Waals surface area contributed by atoms with Crippen LogP contribution in [0.15, 0.2) is 24.3 Å². The molecule has 0 aromatic heterocycles. The van der Waals surface area contributed by atoms with Crippen LogP contribution < -0.4 is 5.32 Å². The Kier molecular flexibility index (Phi) is 5.22. The van der Waals surface area contributed by atoms with Crippen LogP contribution >= 0.6 is 11.6 Å². The van der Waals surface area contributed by atoms with E-state index in [1.165, 1.54) is 24.3 Å². The molecule has 1 aromatic carbocycles. The first-order valence-electron chi connectivity index (χ1n) is 4.87. The average molecular weight is 259 g/mol. The van der Waals surface area contributed by atoms with E-state index < -0.39 is 11.0 Å². The number of amides is 1. The number of carbonyl (C=O) groups excluding carboxylic acids is 1. The lowest BCUT2D eigenvalue weighted by Crippen LogP contribution is -2.14. The van der Waals surface area contributed by atoms with Gasteiger partial charge in [-0.15, -0.1) is 11.6 Å². The van der Waals surface area contributed by atoms with Gasteiger partial charge < -0.3 is 4.74 Å². The lowest BCUT2D eigenvalue weighted by atomic mass is 10.3. The van der Waals surface area contributed by atoms with Crippen LogP contribution in [0.25, 0.3) is 0 Å². The molecule has 1 N–H and O–H groups in total. The third-order valence-electron chi connectivity index (χ3n) is 1.81. The lowest BCUT2D eigenvalue weighted by molar-refractivity contribution is -0.384. The van der Waals surface area contributed by atoms with E-state index in [9.17, 15) is 14.9 Å². The number of benzene rings is 1. The number of carbonyl (C=O) groups is 1. The number of alkyl halides is 1.